The summed E-state index contributed by atoms with van der Waals surface area (Å²) in [6.07, 6.45) is 5.19. The zero-order valence-electron chi connectivity index (χ0n) is 13.4. The van der Waals surface area contributed by atoms with Crippen molar-refractivity contribution >= 4 is 0 Å². The Morgan fingerprint density at radius 2 is 1.90 bits per heavy atom. The lowest BCUT2D eigenvalue weighted by atomic mass is 9.77. The Bertz CT molecular complexity index is 400. The monoisotopic (exact) mass is 275 g/mol. The van der Waals surface area contributed by atoms with Gasteiger partial charge in [-0.1, -0.05) is 38.8 Å². The summed E-state index contributed by atoms with van der Waals surface area (Å²) in [5.41, 5.74) is 1.38. The quantitative estimate of drug-likeness (QED) is 0.875. The van der Waals surface area contributed by atoms with E-state index in [0.29, 0.717) is 12.1 Å². The van der Waals surface area contributed by atoms with E-state index in [2.05, 4.69) is 38.2 Å². The van der Waals surface area contributed by atoms with Gasteiger partial charge in [-0.15, -0.1) is 0 Å². The van der Waals surface area contributed by atoms with Crippen LogP contribution in [0.1, 0.15) is 45.6 Å². The summed E-state index contributed by atoms with van der Waals surface area (Å²) in [4.78, 5) is 0. The summed E-state index contributed by atoms with van der Waals surface area (Å²) in [5.74, 6) is 2.58. The largest absolute Gasteiger partial charge is 0.497 e. The molecule has 1 aliphatic carbocycles. The Morgan fingerprint density at radius 3 is 2.55 bits per heavy atom. The molecule has 0 bridgehead atoms. The summed E-state index contributed by atoms with van der Waals surface area (Å²) >= 11 is 0. The molecule has 2 rings (SSSR count). The maximum atomic E-state index is 5.21. The van der Waals surface area contributed by atoms with E-state index in [1.165, 1.54) is 24.8 Å². The average Bonchev–Trinajstić information content (AvgIpc) is 2.45. The fraction of sp³-hybridized carbons (Fsp3) is 0.667. The van der Waals surface area contributed by atoms with Crippen LogP contribution in [0.3, 0.4) is 0 Å². The highest BCUT2D eigenvalue weighted by molar-refractivity contribution is 5.27. The number of nitrogens with one attached hydrogen (secondary N) is 1. The van der Waals surface area contributed by atoms with E-state index in [9.17, 15) is 0 Å². The molecule has 0 radical (unpaired) electrons. The molecule has 4 unspecified atom stereocenters. The molecule has 1 N–H and O–H groups in total. The van der Waals surface area contributed by atoms with E-state index in [1.807, 2.05) is 12.1 Å². The molecule has 1 saturated carbocycles. The number of methoxy groups -OCH3 is 1. The van der Waals surface area contributed by atoms with E-state index in [0.717, 1.165) is 24.0 Å². The van der Waals surface area contributed by atoms with Crippen molar-refractivity contribution in [1.82, 2.24) is 5.32 Å². The molecule has 0 amide bonds. The third-order valence-corrected chi connectivity index (χ3v) is 4.91. The zero-order chi connectivity index (χ0) is 14.5. The first kappa shape index (κ1) is 15.4. The van der Waals surface area contributed by atoms with Crippen LogP contribution in [0, 0.1) is 11.8 Å². The van der Waals surface area contributed by atoms with Gasteiger partial charge in [0.1, 0.15) is 5.75 Å². The minimum absolute atomic E-state index is 0.529. The molecular formula is C18H29NO. The molecule has 112 valence electrons. The molecule has 0 saturated heterocycles. The van der Waals surface area contributed by atoms with Crippen molar-refractivity contribution in [2.75, 3.05) is 7.11 Å². The van der Waals surface area contributed by atoms with E-state index in [4.69, 9.17) is 4.74 Å². The van der Waals surface area contributed by atoms with Gasteiger partial charge < -0.3 is 10.1 Å². The van der Waals surface area contributed by atoms with Crippen molar-refractivity contribution in [2.24, 2.45) is 11.8 Å². The summed E-state index contributed by atoms with van der Waals surface area (Å²) < 4.78 is 5.21. The molecule has 0 heterocycles. The number of rotatable bonds is 5. The zero-order valence-corrected chi connectivity index (χ0v) is 13.4. The number of hydrogen-bond donors (Lipinski definition) is 1. The van der Waals surface area contributed by atoms with Crippen LogP contribution in [-0.4, -0.2) is 19.2 Å². The fourth-order valence-corrected chi connectivity index (χ4v) is 3.36. The minimum atomic E-state index is 0.529. The third-order valence-electron chi connectivity index (χ3n) is 4.91. The van der Waals surface area contributed by atoms with Crippen molar-refractivity contribution in [3.05, 3.63) is 29.8 Å². The summed E-state index contributed by atoms with van der Waals surface area (Å²) in [6, 6.07) is 9.65. The van der Waals surface area contributed by atoms with Gasteiger partial charge in [0, 0.05) is 12.1 Å². The van der Waals surface area contributed by atoms with Gasteiger partial charge >= 0.3 is 0 Å². The van der Waals surface area contributed by atoms with Gasteiger partial charge in [-0.25, -0.2) is 0 Å². The Morgan fingerprint density at radius 1 is 1.20 bits per heavy atom. The standard InChI is InChI=1S/C18H29NO/c1-13-6-5-7-18(15(13)3)19-14(2)12-16-8-10-17(20-4)11-9-16/h8-11,13-15,18-19H,5-7,12H2,1-4H3. The molecule has 2 nitrogen and oxygen atoms in total. The first-order valence-electron chi connectivity index (χ1n) is 7.99. The van der Waals surface area contributed by atoms with Crippen LogP contribution in [0.4, 0.5) is 0 Å². The van der Waals surface area contributed by atoms with E-state index in [-0.39, 0.29) is 0 Å². The molecule has 4 atom stereocenters. The molecule has 1 aromatic carbocycles. The maximum Gasteiger partial charge on any atom is 0.118 e. The lowest BCUT2D eigenvalue weighted by Gasteiger charge is -2.36. The molecule has 2 heteroatoms. The molecule has 1 aromatic rings. The highest BCUT2D eigenvalue weighted by atomic mass is 16.5. The van der Waals surface area contributed by atoms with Gasteiger partial charge in [-0.3, -0.25) is 0 Å². The average molecular weight is 275 g/mol. The second-order valence-corrected chi connectivity index (χ2v) is 6.49. The first-order valence-corrected chi connectivity index (χ1v) is 7.99. The van der Waals surface area contributed by atoms with Crippen LogP contribution < -0.4 is 10.1 Å². The highest BCUT2D eigenvalue weighted by Gasteiger charge is 2.27. The molecule has 0 aromatic heterocycles. The fourth-order valence-electron chi connectivity index (χ4n) is 3.36. The summed E-state index contributed by atoms with van der Waals surface area (Å²) in [6.45, 7) is 7.10. The Kier molecular flexibility index (Phi) is 5.47. The Hall–Kier alpha value is -1.02. The Balaban J connectivity index is 1.86. The normalized spacial score (nSPS) is 28.1. The molecule has 1 fully saturated rings. The van der Waals surface area contributed by atoms with Crippen molar-refractivity contribution in [3.8, 4) is 5.75 Å². The van der Waals surface area contributed by atoms with Crippen molar-refractivity contribution in [2.45, 2.75) is 58.5 Å². The van der Waals surface area contributed by atoms with Gasteiger partial charge in [-0.05, 0) is 49.3 Å². The van der Waals surface area contributed by atoms with E-state index in [1.54, 1.807) is 7.11 Å². The van der Waals surface area contributed by atoms with Gasteiger partial charge in [0.25, 0.3) is 0 Å². The predicted molar refractivity (Wildman–Crippen MR) is 85.3 cm³/mol. The highest BCUT2D eigenvalue weighted by Crippen LogP contribution is 2.29. The number of benzene rings is 1. The van der Waals surface area contributed by atoms with Crippen LogP contribution in [0.15, 0.2) is 24.3 Å². The van der Waals surface area contributed by atoms with Gasteiger partial charge in [0.05, 0.1) is 7.11 Å². The number of hydrogen-bond acceptors (Lipinski definition) is 2. The van der Waals surface area contributed by atoms with Gasteiger partial charge in [-0.2, -0.15) is 0 Å². The number of ether oxygens (including phenoxy) is 1. The molecule has 1 aliphatic rings. The summed E-state index contributed by atoms with van der Waals surface area (Å²) in [7, 11) is 1.71. The van der Waals surface area contributed by atoms with Gasteiger partial charge in [0.15, 0.2) is 0 Å². The third kappa shape index (κ3) is 3.99. The molecular weight excluding hydrogens is 246 g/mol. The Labute approximate surface area is 123 Å². The van der Waals surface area contributed by atoms with Crippen molar-refractivity contribution in [3.63, 3.8) is 0 Å². The topological polar surface area (TPSA) is 21.3 Å². The van der Waals surface area contributed by atoms with E-state index >= 15 is 0 Å². The van der Waals surface area contributed by atoms with Crippen LogP contribution in [-0.2, 0) is 6.42 Å². The SMILES string of the molecule is COc1ccc(CC(C)NC2CCCC(C)C2C)cc1. The molecule has 0 spiro atoms. The predicted octanol–water partition coefficient (Wildman–Crippen LogP) is 4.04. The lowest BCUT2D eigenvalue weighted by Crippen LogP contribution is -2.45. The van der Waals surface area contributed by atoms with Crippen LogP contribution in [0.25, 0.3) is 0 Å². The second kappa shape index (κ2) is 7.12. The first-order chi connectivity index (χ1) is 9.60. The van der Waals surface area contributed by atoms with Crippen LogP contribution in [0.2, 0.25) is 0 Å². The maximum absolute atomic E-state index is 5.21. The molecule has 0 aliphatic heterocycles. The minimum Gasteiger partial charge on any atom is -0.497 e. The van der Waals surface area contributed by atoms with Crippen LogP contribution in [0.5, 0.6) is 5.75 Å². The van der Waals surface area contributed by atoms with Crippen molar-refractivity contribution in [1.29, 1.82) is 0 Å². The van der Waals surface area contributed by atoms with Crippen LogP contribution >= 0.6 is 0 Å². The summed E-state index contributed by atoms with van der Waals surface area (Å²) in [5, 5.41) is 3.84. The van der Waals surface area contributed by atoms with E-state index < -0.39 is 0 Å². The second-order valence-electron chi connectivity index (χ2n) is 6.49. The lowest BCUT2D eigenvalue weighted by molar-refractivity contribution is 0.196. The van der Waals surface area contributed by atoms with Gasteiger partial charge in [0.2, 0.25) is 0 Å². The molecule has 20 heavy (non-hydrogen) atoms. The smallest absolute Gasteiger partial charge is 0.118 e. The van der Waals surface area contributed by atoms with Crippen molar-refractivity contribution < 1.29 is 4.74 Å².